The van der Waals surface area contributed by atoms with E-state index in [-0.39, 0.29) is 11.6 Å². The summed E-state index contributed by atoms with van der Waals surface area (Å²) in [5.74, 6) is -2.24. The average molecular weight is 343 g/mol. The van der Waals surface area contributed by atoms with Gasteiger partial charge in [-0.05, 0) is 42.7 Å². The molecule has 1 aliphatic rings. The SMILES string of the molecule is O=C(O)c1cnn2ccc(N3CCCC3c3cc(F)cc(F)c3)cc12. The predicted octanol–water partition coefficient (Wildman–Crippen LogP) is 3.65. The van der Waals surface area contributed by atoms with E-state index in [0.29, 0.717) is 11.1 Å². The highest BCUT2D eigenvalue weighted by molar-refractivity contribution is 5.95. The van der Waals surface area contributed by atoms with Gasteiger partial charge in [0, 0.05) is 24.5 Å². The fraction of sp³-hybridized carbons (Fsp3) is 0.222. The first-order valence-electron chi connectivity index (χ1n) is 7.96. The van der Waals surface area contributed by atoms with E-state index in [1.54, 1.807) is 12.3 Å². The van der Waals surface area contributed by atoms with Gasteiger partial charge in [-0.1, -0.05) is 0 Å². The molecule has 25 heavy (non-hydrogen) atoms. The number of carboxylic acid groups (broad SMARTS) is 1. The zero-order valence-electron chi connectivity index (χ0n) is 13.2. The number of benzene rings is 1. The lowest BCUT2D eigenvalue weighted by molar-refractivity contribution is 0.0699. The van der Waals surface area contributed by atoms with Gasteiger partial charge in [0.1, 0.15) is 17.2 Å². The lowest BCUT2D eigenvalue weighted by Gasteiger charge is -2.27. The second-order valence-electron chi connectivity index (χ2n) is 6.13. The molecule has 1 fully saturated rings. The Balaban J connectivity index is 1.76. The standard InChI is InChI=1S/C18H15F2N3O2/c19-12-6-11(7-13(20)8-12)16-2-1-4-22(16)14-3-5-23-17(9-14)15(10-21-23)18(24)25/h3,5-10,16H,1-2,4H2,(H,24,25). The normalized spacial score (nSPS) is 17.4. The second kappa shape index (κ2) is 5.84. The number of anilines is 1. The van der Waals surface area contributed by atoms with Crippen molar-refractivity contribution in [2.75, 3.05) is 11.4 Å². The summed E-state index contributed by atoms with van der Waals surface area (Å²) in [6.07, 6.45) is 4.67. The number of rotatable bonds is 3. The first-order chi connectivity index (χ1) is 12.0. The Morgan fingerprint density at radius 2 is 1.96 bits per heavy atom. The molecule has 1 aromatic carbocycles. The molecule has 128 valence electrons. The fourth-order valence-corrected chi connectivity index (χ4v) is 3.50. The van der Waals surface area contributed by atoms with Crippen LogP contribution in [-0.2, 0) is 0 Å². The summed E-state index contributed by atoms with van der Waals surface area (Å²) in [6, 6.07) is 7.01. The van der Waals surface area contributed by atoms with Crippen molar-refractivity contribution in [2.45, 2.75) is 18.9 Å². The Kier molecular flexibility index (Phi) is 3.63. The van der Waals surface area contributed by atoms with Gasteiger partial charge in [-0.15, -0.1) is 0 Å². The second-order valence-corrected chi connectivity index (χ2v) is 6.13. The van der Waals surface area contributed by atoms with Crippen LogP contribution in [-0.4, -0.2) is 27.2 Å². The number of halogens is 2. The maximum Gasteiger partial charge on any atom is 0.339 e. The Morgan fingerprint density at radius 3 is 2.68 bits per heavy atom. The van der Waals surface area contributed by atoms with Crippen LogP contribution >= 0.6 is 0 Å². The van der Waals surface area contributed by atoms with Gasteiger partial charge in [0.15, 0.2) is 0 Å². The van der Waals surface area contributed by atoms with Crippen LogP contribution in [0.1, 0.15) is 34.8 Å². The molecule has 1 unspecified atom stereocenters. The van der Waals surface area contributed by atoms with Crippen LogP contribution in [0.15, 0.2) is 42.7 Å². The molecule has 1 aliphatic heterocycles. The van der Waals surface area contributed by atoms with Gasteiger partial charge >= 0.3 is 5.97 Å². The van der Waals surface area contributed by atoms with Crippen LogP contribution in [0.5, 0.6) is 0 Å². The van der Waals surface area contributed by atoms with Crippen LogP contribution < -0.4 is 4.90 Å². The molecule has 1 saturated heterocycles. The Hall–Kier alpha value is -2.96. The van der Waals surface area contributed by atoms with E-state index in [4.69, 9.17) is 0 Å². The van der Waals surface area contributed by atoms with Gasteiger partial charge in [0.05, 0.1) is 17.8 Å². The average Bonchev–Trinajstić information content (AvgIpc) is 3.20. The van der Waals surface area contributed by atoms with Crippen molar-refractivity contribution in [3.63, 3.8) is 0 Å². The number of hydrogen-bond acceptors (Lipinski definition) is 3. The summed E-state index contributed by atoms with van der Waals surface area (Å²) in [5.41, 5.74) is 2.00. The number of aromatic carboxylic acids is 1. The topological polar surface area (TPSA) is 57.8 Å². The van der Waals surface area contributed by atoms with Crippen molar-refractivity contribution in [1.29, 1.82) is 0 Å². The third-order valence-electron chi connectivity index (χ3n) is 4.59. The van der Waals surface area contributed by atoms with E-state index in [0.717, 1.165) is 31.1 Å². The maximum absolute atomic E-state index is 13.6. The molecule has 0 spiro atoms. The highest BCUT2D eigenvalue weighted by Gasteiger charge is 2.27. The number of nitrogens with zero attached hydrogens (tertiary/aromatic N) is 3. The molecule has 0 radical (unpaired) electrons. The highest BCUT2D eigenvalue weighted by Crippen LogP contribution is 2.37. The monoisotopic (exact) mass is 343 g/mol. The number of aromatic nitrogens is 2. The first-order valence-corrected chi connectivity index (χ1v) is 7.96. The van der Waals surface area contributed by atoms with Gasteiger partial charge in [-0.2, -0.15) is 5.10 Å². The van der Waals surface area contributed by atoms with E-state index in [9.17, 15) is 18.7 Å². The number of carbonyl (C=O) groups is 1. The van der Waals surface area contributed by atoms with Gasteiger partial charge in [0.2, 0.25) is 0 Å². The van der Waals surface area contributed by atoms with Crippen LogP contribution in [0.3, 0.4) is 0 Å². The summed E-state index contributed by atoms with van der Waals surface area (Å²) in [4.78, 5) is 13.4. The number of hydrogen-bond donors (Lipinski definition) is 1. The van der Waals surface area contributed by atoms with Crippen molar-refractivity contribution < 1.29 is 18.7 Å². The molecule has 4 rings (SSSR count). The molecule has 3 heterocycles. The minimum absolute atomic E-state index is 0.120. The molecule has 0 amide bonds. The van der Waals surface area contributed by atoms with Crippen molar-refractivity contribution in [3.05, 3.63) is 65.5 Å². The molecule has 1 atom stereocenters. The van der Waals surface area contributed by atoms with Crippen molar-refractivity contribution >= 4 is 17.2 Å². The van der Waals surface area contributed by atoms with E-state index in [2.05, 4.69) is 5.10 Å². The highest BCUT2D eigenvalue weighted by atomic mass is 19.1. The Bertz CT molecular complexity index is 950. The van der Waals surface area contributed by atoms with E-state index in [1.807, 2.05) is 11.0 Å². The van der Waals surface area contributed by atoms with Gasteiger partial charge in [0.25, 0.3) is 0 Å². The van der Waals surface area contributed by atoms with E-state index < -0.39 is 17.6 Å². The van der Waals surface area contributed by atoms with Gasteiger partial charge < -0.3 is 10.0 Å². The zero-order chi connectivity index (χ0) is 17.6. The number of pyridine rings is 1. The first kappa shape index (κ1) is 15.6. The van der Waals surface area contributed by atoms with Gasteiger partial charge in [-0.3, -0.25) is 0 Å². The lowest BCUT2D eigenvalue weighted by atomic mass is 10.0. The minimum Gasteiger partial charge on any atom is -0.478 e. The predicted molar refractivity (Wildman–Crippen MR) is 87.8 cm³/mol. The molecule has 7 heteroatoms. The molecule has 0 bridgehead atoms. The molecule has 0 saturated carbocycles. The minimum atomic E-state index is -1.04. The quantitative estimate of drug-likeness (QED) is 0.789. The molecular weight excluding hydrogens is 328 g/mol. The summed E-state index contributed by atoms with van der Waals surface area (Å²) >= 11 is 0. The van der Waals surface area contributed by atoms with Crippen LogP contribution in [0.25, 0.3) is 5.52 Å². The lowest BCUT2D eigenvalue weighted by Crippen LogP contribution is -2.23. The number of fused-ring (bicyclic) bond motifs is 1. The van der Waals surface area contributed by atoms with E-state index in [1.165, 1.54) is 22.8 Å². The van der Waals surface area contributed by atoms with E-state index >= 15 is 0 Å². The largest absolute Gasteiger partial charge is 0.478 e. The number of carboxylic acids is 1. The smallest absolute Gasteiger partial charge is 0.339 e. The zero-order valence-corrected chi connectivity index (χ0v) is 13.2. The molecule has 2 aromatic heterocycles. The Labute approximate surface area is 142 Å². The molecular formula is C18H15F2N3O2. The van der Waals surface area contributed by atoms with Crippen LogP contribution in [0.4, 0.5) is 14.5 Å². The third kappa shape index (κ3) is 2.71. The Morgan fingerprint density at radius 1 is 1.20 bits per heavy atom. The third-order valence-corrected chi connectivity index (χ3v) is 4.59. The van der Waals surface area contributed by atoms with Crippen molar-refractivity contribution in [3.8, 4) is 0 Å². The maximum atomic E-state index is 13.6. The van der Waals surface area contributed by atoms with Crippen molar-refractivity contribution in [2.24, 2.45) is 0 Å². The van der Waals surface area contributed by atoms with Crippen LogP contribution in [0, 0.1) is 11.6 Å². The van der Waals surface area contributed by atoms with Crippen molar-refractivity contribution in [1.82, 2.24) is 9.61 Å². The fourth-order valence-electron chi connectivity index (χ4n) is 3.50. The van der Waals surface area contributed by atoms with Gasteiger partial charge in [-0.25, -0.2) is 18.1 Å². The molecule has 5 nitrogen and oxygen atoms in total. The summed E-state index contributed by atoms with van der Waals surface area (Å²) < 4.78 is 28.7. The molecule has 3 aromatic rings. The molecule has 0 aliphatic carbocycles. The summed E-state index contributed by atoms with van der Waals surface area (Å²) in [5, 5.41) is 13.3. The summed E-state index contributed by atoms with van der Waals surface area (Å²) in [7, 11) is 0. The van der Waals surface area contributed by atoms with Crippen LogP contribution in [0.2, 0.25) is 0 Å². The summed E-state index contributed by atoms with van der Waals surface area (Å²) in [6.45, 7) is 0.732. The molecule has 1 N–H and O–H groups in total.